The molecule has 0 bridgehead atoms. The molecule has 108 valence electrons. The van der Waals surface area contributed by atoms with Crippen molar-refractivity contribution in [2.45, 2.75) is 65.8 Å². The molecule has 0 amide bonds. The highest BCUT2D eigenvalue weighted by molar-refractivity contribution is 5.34. The number of aryl methyl sites for hydroxylation is 2. The van der Waals surface area contributed by atoms with Gasteiger partial charge in [-0.2, -0.15) is 0 Å². The van der Waals surface area contributed by atoms with Crippen molar-refractivity contribution >= 4 is 0 Å². The fraction of sp³-hybridized carbons (Fsp3) is 0.667. The Kier molecular flexibility index (Phi) is 7.15. The van der Waals surface area contributed by atoms with E-state index in [1.54, 1.807) is 0 Å². The summed E-state index contributed by atoms with van der Waals surface area (Å²) in [6, 6.07) is 7.25. The molecule has 2 unspecified atom stereocenters. The van der Waals surface area contributed by atoms with Crippen molar-refractivity contribution in [2.24, 2.45) is 5.92 Å². The van der Waals surface area contributed by atoms with Crippen LogP contribution in [0, 0.1) is 19.8 Å². The molecule has 0 aliphatic carbocycles. The lowest BCUT2D eigenvalue weighted by atomic mass is 9.85. The number of benzene rings is 1. The molecule has 0 aliphatic heterocycles. The van der Waals surface area contributed by atoms with Gasteiger partial charge in [-0.05, 0) is 56.3 Å². The Morgan fingerprint density at radius 1 is 1.11 bits per heavy atom. The van der Waals surface area contributed by atoms with Gasteiger partial charge in [-0.15, -0.1) is 0 Å². The Morgan fingerprint density at radius 2 is 1.74 bits per heavy atom. The van der Waals surface area contributed by atoms with Crippen molar-refractivity contribution in [3.05, 3.63) is 34.9 Å². The van der Waals surface area contributed by atoms with Crippen molar-refractivity contribution < 1.29 is 0 Å². The van der Waals surface area contributed by atoms with E-state index in [4.69, 9.17) is 0 Å². The molecule has 19 heavy (non-hydrogen) atoms. The molecular formula is C18H31N. The van der Waals surface area contributed by atoms with Crippen LogP contribution >= 0.6 is 0 Å². The summed E-state index contributed by atoms with van der Waals surface area (Å²) in [5.41, 5.74) is 4.41. The Balaban J connectivity index is 2.80. The third-order valence-corrected chi connectivity index (χ3v) is 4.46. The molecule has 0 saturated heterocycles. The third kappa shape index (κ3) is 4.65. The SMILES string of the molecule is CCCCC(CC)C(Cc1c(C)cccc1C)NC. The zero-order valence-electron chi connectivity index (χ0n) is 13.4. The Hall–Kier alpha value is -0.820. The van der Waals surface area contributed by atoms with Crippen LogP contribution in [0.3, 0.4) is 0 Å². The molecule has 0 heterocycles. The molecule has 1 rings (SSSR count). The lowest BCUT2D eigenvalue weighted by molar-refractivity contribution is 0.329. The highest BCUT2D eigenvalue weighted by Gasteiger charge is 2.19. The summed E-state index contributed by atoms with van der Waals surface area (Å²) < 4.78 is 0. The Bertz CT molecular complexity index is 350. The number of rotatable bonds is 8. The van der Waals surface area contributed by atoms with Crippen LogP contribution in [-0.4, -0.2) is 13.1 Å². The lowest BCUT2D eigenvalue weighted by Crippen LogP contribution is -2.35. The second kappa shape index (κ2) is 8.37. The average molecular weight is 261 g/mol. The molecule has 0 fully saturated rings. The predicted molar refractivity (Wildman–Crippen MR) is 85.8 cm³/mol. The molecule has 0 aromatic heterocycles. The van der Waals surface area contributed by atoms with Crippen molar-refractivity contribution in [2.75, 3.05) is 7.05 Å². The zero-order chi connectivity index (χ0) is 14.3. The maximum Gasteiger partial charge on any atom is 0.0133 e. The quantitative estimate of drug-likeness (QED) is 0.718. The minimum absolute atomic E-state index is 0.608. The standard InChI is InChI=1S/C18H31N/c1-6-8-12-16(7-2)18(19-5)13-17-14(3)10-9-11-15(17)4/h9-11,16,18-19H,6-8,12-13H2,1-5H3. The highest BCUT2D eigenvalue weighted by atomic mass is 14.9. The van der Waals surface area contributed by atoms with E-state index in [0.717, 1.165) is 12.3 Å². The first-order chi connectivity index (χ1) is 9.13. The fourth-order valence-electron chi connectivity index (χ4n) is 3.05. The molecular weight excluding hydrogens is 230 g/mol. The molecule has 1 nitrogen and oxygen atoms in total. The molecule has 2 atom stereocenters. The number of hydrogen-bond acceptors (Lipinski definition) is 1. The van der Waals surface area contributed by atoms with E-state index in [-0.39, 0.29) is 0 Å². The summed E-state index contributed by atoms with van der Waals surface area (Å²) >= 11 is 0. The van der Waals surface area contributed by atoms with Gasteiger partial charge in [-0.25, -0.2) is 0 Å². The molecule has 1 aromatic carbocycles. The van der Waals surface area contributed by atoms with Crippen LogP contribution in [-0.2, 0) is 6.42 Å². The van der Waals surface area contributed by atoms with Gasteiger partial charge in [0, 0.05) is 6.04 Å². The Morgan fingerprint density at radius 3 is 2.21 bits per heavy atom. The van der Waals surface area contributed by atoms with E-state index in [0.29, 0.717) is 6.04 Å². The first-order valence-electron chi connectivity index (χ1n) is 7.86. The van der Waals surface area contributed by atoms with Crippen LogP contribution in [0.25, 0.3) is 0 Å². The second-order valence-corrected chi connectivity index (χ2v) is 5.78. The van der Waals surface area contributed by atoms with Crippen LogP contribution in [0.4, 0.5) is 0 Å². The maximum atomic E-state index is 3.56. The van der Waals surface area contributed by atoms with Crippen LogP contribution < -0.4 is 5.32 Å². The van der Waals surface area contributed by atoms with Gasteiger partial charge in [-0.1, -0.05) is 51.3 Å². The minimum atomic E-state index is 0.608. The van der Waals surface area contributed by atoms with Crippen molar-refractivity contribution in [3.8, 4) is 0 Å². The topological polar surface area (TPSA) is 12.0 Å². The summed E-state index contributed by atoms with van der Waals surface area (Å²) in [5.74, 6) is 0.795. The average Bonchev–Trinajstić information content (AvgIpc) is 2.41. The van der Waals surface area contributed by atoms with E-state index in [1.165, 1.54) is 42.4 Å². The van der Waals surface area contributed by atoms with Crippen LogP contribution in [0.5, 0.6) is 0 Å². The van der Waals surface area contributed by atoms with E-state index in [2.05, 4.69) is 58.3 Å². The maximum absolute atomic E-state index is 3.56. The first kappa shape index (κ1) is 16.2. The summed E-state index contributed by atoms with van der Waals surface area (Å²) in [5, 5.41) is 3.56. The summed E-state index contributed by atoms with van der Waals surface area (Å²) in [7, 11) is 2.12. The molecule has 0 radical (unpaired) electrons. The molecule has 1 heteroatoms. The van der Waals surface area contributed by atoms with E-state index >= 15 is 0 Å². The van der Waals surface area contributed by atoms with E-state index in [1.807, 2.05) is 0 Å². The Labute approximate surface area is 119 Å². The molecule has 0 aliphatic rings. The van der Waals surface area contributed by atoms with Crippen molar-refractivity contribution in [3.63, 3.8) is 0 Å². The zero-order valence-corrected chi connectivity index (χ0v) is 13.4. The first-order valence-corrected chi connectivity index (χ1v) is 7.86. The van der Waals surface area contributed by atoms with Gasteiger partial charge in [-0.3, -0.25) is 0 Å². The molecule has 0 saturated carbocycles. The van der Waals surface area contributed by atoms with Gasteiger partial charge in [0.05, 0.1) is 0 Å². The lowest BCUT2D eigenvalue weighted by Gasteiger charge is -2.27. The van der Waals surface area contributed by atoms with Gasteiger partial charge in [0.25, 0.3) is 0 Å². The third-order valence-electron chi connectivity index (χ3n) is 4.46. The predicted octanol–water partition coefficient (Wildman–Crippen LogP) is 4.65. The monoisotopic (exact) mass is 261 g/mol. The van der Waals surface area contributed by atoms with Crippen molar-refractivity contribution in [1.29, 1.82) is 0 Å². The minimum Gasteiger partial charge on any atom is -0.316 e. The summed E-state index contributed by atoms with van der Waals surface area (Å²) in [6.07, 6.45) is 6.44. The van der Waals surface area contributed by atoms with E-state index < -0.39 is 0 Å². The van der Waals surface area contributed by atoms with E-state index in [9.17, 15) is 0 Å². The number of nitrogens with one attached hydrogen (secondary N) is 1. The van der Waals surface area contributed by atoms with Crippen molar-refractivity contribution in [1.82, 2.24) is 5.32 Å². The van der Waals surface area contributed by atoms with Gasteiger partial charge in [0.15, 0.2) is 0 Å². The van der Waals surface area contributed by atoms with Crippen LogP contribution in [0.1, 0.15) is 56.2 Å². The number of likely N-dealkylation sites (N-methyl/N-ethyl adjacent to an activating group) is 1. The van der Waals surface area contributed by atoms with Gasteiger partial charge in [0.1, 0.15) is 0 Å². The molecule has 1 N–H and O–H groups in total. The van der Waals surface area contributed by atoms with Gasteiger partial charge >= 0.3 is 0 Å². The largest absolute Gasteiger partial charge is 0.316 e. The van der Waals surface area contributed by atoms with Gasteiger partial charge < -0.3 is 5.32 Å². The second-order valence-electron chi connectivity index (χ2n) is 5.78. The number of unbranched alkanes of at least 4 members (excludes halogenated alkanes) is 1. The summed E-state index contributed by atoms with van der Waals surface area (Å²) in [4.78, 5) is 0. The summed E-state index contributed by atoms with van der Waals surface area (Å²) in [6.45, 7) is 9.09. The van der Waals surface area contributed by atoms with Crippen LogP contribution in [0.15, 0.2) is 18.2 Å². The molecule has 0 spiro atoms. The normalized spacial score (nSPS) is 14.4. The molecule has 1 aromatic rings. The highest BCUT2D eigenvalue weighted by Crippen LogP contribution is 2.23. The van der Waals surface area contributed by atoms with Crippen LogP contribution in [0.2, 0.25) is 0 Å². The number of hydrogen-bond donors (Lipinski definition) is 1. The fourth-order valence-corrected chi connectivity index (χ4v) is 3.05. The van der Waals surface area contributed by atoms with Gasteiger partial charge in [0.2, 0.25) is 0 Å². The smallest absolute Gasteiger partial charge is 0.0133 e.